The van der Waals surface area contributed by atoms with Crippen LogP contribution >= 0.6 is 0 Å². The molecule has 0 aliphatic carbocycles. The van der Waals surface area contributed by atoms with Crippen LogP contribution in [0, 0.1) is 0 Å². The number of amides is 1. The third-order valence-electron chi connectivity index (χ3n) is 3.46. The first kappa shape index (κ1) is 15.6. The largest absolute Gasteiger partial charge is 0.486 e. The number of para-hydroxylation sites is 2. The molecule has 0 bridgehead atoms. The molecule has 1 heterocycles. The molecule has 1 aromatic rings. The van der Waals surface area contributed by atoms with Crippen molar-refractivity contribution >= 4 is 5.91 Å². The molecule has 1 aromatic carbocycles. The van der Waals surface area contributed by atoms with Crippen LogP contribution in [0.3, 0.4) is 0 Å². The normalized spacial score (nSPS) is 18.1. The van der Waals surface area contributed by atoms with E-state index >= 15 is 0 Å². The molecule has 0 saturated carbocycles. The number of methoxy groups -OCH3 is 1. The molecule has 0 radical (unpaired) electrons. The highest BCUT2D eigenvalue weighted by atomic mass is 16.6. The van der Waals surface area contributed by atoms with Crippen molar-refractivity contribution < 1.29 is 19.0 Å². The van der Waals surface area contributed by atoms with Gasteiger partial charge in [-0.1, -0.05) is 12.1 Å². The van der Waals surface area contributed by atoms with Gasteiger partial charge in [-0.25, -0.2) is 0 Å². The summed E-state index contributed by atoms with van der Waals surface area (Å²) < 4.78 is 16.6. The smallest absolute Gasteiger partial charge is 0.253 e. The van der Waals surface area contributed by atoms with Crippen LogP contribution in [0.15, 0.2) is 24.3 Å². The number of hydrogen-bond donors (Lipinski definition) is 1. The van der Waals surface area contributed by atoms with Gasteiger partial charge in [0.1, 0.15) is 12.7 Å². The predicted octanol–water partition coefficient (Wildman–Crippen LogP) is 0.649. The monoisotopic (exact) mass is 294 g/mol. The molecule has 1 aliphatic rings. The lowest BCUT2D eigenvalue weighted by molar-refractivity contribution is -0.142. The first-order valence-corrected chi connectivity index (χ1v) is 7.09. The predicted molar refractivity (Wildman–Crippen MR) is 78.5 cm³/mol. The van der Waals surface area contributed by atoms with Crippen molar-refractivity contribution in [3.05, 3.63) is 24.3 Å². The quantitative estimate of drug-likeness (QED) is 0.834. The summed E-state index contributed by atoms with van der Waals surface area (Å²) in [5, 5.41) is 0. The summed E-state index contributed by atoms with van der Waals surface area (Å²) in [6.07, 6.45) is -0.805. The van der Waals surface area contributed by atoms with Gasteiger partial charge < -0.3 is 24.8 Å². The van der Waals surface area contributed by atoms with Gasteiger partial charge in [-0.3, -0.25) is 4.79 Å². The number of fused-ring (bicyclic) bond motifs is 1. The molecule has 116 valence electrons. The zero-order chi connectivity index (χ0) is 15.2. The van der Waals surface area contributed by atoms with E-state index in [1.54, 1.807) is 4.90 Å². The van der Waals surface area contributed by atoms with E-state index in [9.17, 15) is 4.79 Å². The Labute approximate surface area is 124 Å². The number of likely N-dealkylation sites (N-methyl/N-ethyl adjacent to an activating group) is 1. The summed E-state index contributed by atoms with van der Waals surface area (Å²) in [5.41, 5.74) is 5.54. The minimum Gasteiger partial charge on any atom is -0.486 e. The van der Waals surface area contributed by atoms with E-state index in [-0.39, 0.29) is 18.6 Å². The third kappa shape index (κ3) is 3.65. The van der Waals surface area contributed by atoms with Crippen molar-refractivity contribution in [2.45, 2.75) is 19.1 Å². The first-order chi connectivity index (χ1) is 10.2. The average molecular weight is 294 g/mol. The summed E-state index contributed by atoms with van der Waals surface area (Å²) in [6.45, 7) is 3.51. The molecular weight excluding hydrogens is 272 g/mol. The lowest BCUT2D eigenvalue weighted by Crippen LogP contribution is -2.49. The number of rotatable bonds is 6. The molecule has 0 fully saturated rings. The van der Waals surface area contributed by atoms with Crippen molar-refractivity contribution in [1.82, 2.24) is 4.90 Å². The lowest BCUT2D eigenvalue weighted by Gasteiger charge is -2.32. The minimum atomic E-state index is -0.609. The number of carbonyl (C=O) groups is 1. The van der Waals surface area contributed by atoms with Crippen LogP contribution in [0.5, 0.6) is 11.5 Å². The second kappa shape index (κ2) is 7.28. The maximum atomic E-state index is 12.3. The second-order valence-corrected chi connectivity index (χ2v) is 4.83. The Morgan fingerprint density at radius 3 is 2.81 bits per heavy atom. The van der Waals surface area contributed by atoms with Gasteiger partial charge in [-0.15, -0.1) is 0 Å². The zero-order valence-electron chi connectivity index (χ0n) is 12.5. The molecule has 2 unspecified atom stereocenters. The van der Waals surface area contributed by atoms with Crippen LogP contribution in [-0.4, -0.2) is 56.4 Å². The van der Waals surface area contributed by atoms with Gasteiger partial charge >= 0.3 is 0 Å². The lowest BCUT2D eigenvalue weighted by atomic mass is 10.2. The molecule has 0 saturated heterocycles. The number of benzene rings is 1. The van der Waals surface area contributed by atoms with E-state index in [0.29, 0.717) is 25.4 Å². The van der Waals surface area contributed by atoms with Gasteiger partial charge in [0, 0.05) is 20.2 Å². The number of nitrogens with two attached hydrogens (primary N) is 1. The number of ether oxygens (including phenoxy) is 3. The van der Waals surface area contributed by atoms with Crippen molar-refractivity contribution in [2.75, 3.05) is 33.4 Å². The third-order valence-corrected chi connectivity index (χ3v) is 3.46. The summed E-state index contributed by atoms with van der Waals surface area (Å²) in [4.78, 5) is 14.0. The second-order valence-electron chi connectivity index (χ2n) is 4.83. The molecule has 0 aromatic heterocycles. The van der Waals surface area contributed by atoms with Crippen molar-refractivity contribution in [3.8, 4) is 11.5 Å². The van der Waals surface area contributed by atoms with E-state index in [0.717, 1.165) is 5.75 Å². The Morgan fingerprint density at radius 1 is 1.48 bits per heavy atom. The summed E-state index contributed by atoms with van der Waals surface area (Å²) in [6, 6.07) is 7.51. The fourth-order valence-electron chi connectivity index (χ4n) is 2.28. The topological polar surface area (TPSA) is 74.0 Å². The van der Waals surface area contributed by atoms with Crippen molar-refractivity contribution in [3.63, 3.8) is 0 Å². The van der Waals surface area contributed by atoms with Crippen LogP contribution < -0.4 is 15.2 Å². The Morgan fingerprint density at radius 2 is 2.19 bits per heavy atom. The highest BCUT2D eigenvalue weighted by Gasteiger charge is 2.27. The standard InChI is InChI=1S/C15H22N2O4/c1-3-17(15(18)14(8-16)19-2)9-11-10-20-12-6-4-5-7-13(12)21-11/h4-7,11,14H,3,8-10,16H2,1-2H3. The highest BCUT2D eigenvalue weighted by molar-refractivity contribution is 5.81. The summed E-state index contributed by atoms with van der Waals surface area (Å²) in [7, 11) is 1.49. The van der Waals surface area contributed by atoms with Crippen LogP contribution in [0.25, 0.3) is 0 Å². The Hall–Kier alpha value is -1.79. The maximum absolute atomic E-state index is 12.3. The fourth-order valence-corrected chi connectivity index (χ4v) is 2.28. The van der Waals surface area contributed by atoms with Crippen molar-refractivity contribution in [2.24, 2.45) is 5.73 Å². The Kier molecular flexibility index (Phi) is 5.41. The maximum Gasteiger partial charge on any atom is 0.253 e. The summed E-state index contributed by atoms with van der Waals surface area (Å²) in [5.74, 6) is 1.32. The van der Waals surface area contributed by atoms with E-state index in [2.05, 4.69) is 0 Å². The molecule has 2 atom stereocenters. The summed E-state index contributed by atoms with van der Waals surface area (Å²) >= 11 is 0. The number of hydrogen-bond acceptors (Lipinski definition) is 5. The Bertz CT molecular complexity index is 476. The van der Waals surface area contributed by atoms with Crippen LogP contribution in [0.4, 0.5) is 0 Å². The highest BCUT2D eigenvalue weighted by Crippen LogP contribution is 2.31. The first-order valence-electron chi connectivity index (χ1n) is 7.09. The average Bonchev–Trinajstić information content (AvgIpc) is 2.53. The van der Waals surface area contributed by atoms with Gasteiger partial charge in [0.2, 0.25) is 0 Å². The molecular formula is C15H22N2O4. The van der Waals surface area contributed by atoms with Gasteiger partial charge in [0.05, 0.1) is 6.54 Å². The minimum absolute atomic E-state index is 0.120. The molecule has 0 spiro atoms. The number of nitrogens with zero attached hydrogens (tertiary/aromatic N) is 1. The Balaban J connectivity index is 1.99. The van der Waals surface area contributed by atoms with Gasteiger partial charge in [0.25, 0.3) is 5.91 Å². The molecule has 6 nitrogen and oxygen atoms in total. The molecule has 6 heteroatoms. The van der Waals surface area contributed by atoms with E-state index in [1.165, 1.54) is 7.11 Å². The zero-order valence-corrected chi connectivity index (χ0v) is 12.5. The molecule has 1 aliphatic heterocycles. The van der Waals surface area contributed by atoms with Crippen LogP contribution in [0.2, 0.25) is 0 Å². The van der Waals surface area contributed by atoms with Crippen LogP contribution in [-0.2, 0) is 9.53 Å². The SMILES string of the molecule is CCN(CC1COc2ccccc2O1)C(=O)C(CN)OC. The van der Waals surface area contributed by atoms with Gasteiger partial charge in [0.15, 0.2) is 17.6 Å². The fraction of sp³-hybridized carbons (Fsp3) is 0.533. The van der Waals surface area contributed by atoms with Gasteiger partial charge in [-0.2, -0.15) is 0 Å². The molecule has 1 amide bonds. The number of carbonyl (C=O) groups excluding carboxylic acids is 1. The van der Waals surface area contributed by atoms with E-state index in [1.807, 2.05) is 31.2 Å². The van der Waals surface area contributed by atoms with E-state index < -0.39 is 6.10 Å². The van der Waals surface area contributed by atoms with Crippen LogP contribution in [0.1, 0.15) is 6.92 Å². The molecule has 2 rings (SSSR count). The van der Waals surface area contributed by atoms with Crippen molar-refractivity contribution in [1.29, 1.82) is 0 Å². The molecule has 21 heavy (non-hydrogen) atoms. The van der Waals surface area contributed by atoms with E-state index in [4.69, 9.17) is 19.9 Å². The molecule has 2 N–H and O–H groups in total. The van der Waals surface area contributed by atoms with Gasteiger partial charge in [-0.05, 0) is 19.1 Å².